The van der Waals surface area contributed by atoms with Crippen LogP contribution in [-0.2, 0) is 9.59 Å². The molecule has 0 aromatic carbocycles. The number of amides is 2. The Kier molecular flexibility index (Phi) is 4.74. The number of primary amides is 1. The second-order valence-corrected chi connectivity index (χ2v) is 4.37. The van der Waals surface area contributed by atoms with Crippen LogP contribution < -0.4 is 16.8 Å². The SMILES string of the molecule is CCC(C)(N)C(=O)NC(C(N)=O)C(C)C. The molecule has 0 fully saturated rings. The number of nitrogens with one attached hydrogen (secondary N) is 1. The van der Waals surface area contributed by atoms with Crippen LogP contribution in [0, 0.1) is 5.92 Å². The zero-order valence-corrected chi connectivity index (χ0v) is 9.83. The van der Waals surface area contributed by atoms with E-state index in [1.807, 2.05) is 20.8 Å². The first-order chi connectivity index (χ1) is 6.72. The summed E-state index contributed by atoms with van der Waals surface area (Å²) in [6, 6.07) is -0.660. The molecule has 0 rings (SSSR count). The van der Waals surface area contributed by atoms with Crippen molar-refractivity contribution < 1.29 is 9.59 Å². The van der Waals surface area contributed by atoms with E-state index in [-0.39, 0.29) is 11.8 Å². The van der Waals surface area contributed by atoms with Gasteiger partial charge in [0.25, 0.3) is 0 Å². The first-order valence-corrected chi connectivity index (χ1v) is 5.11. The monoisotopic (exact) mass is 215 g/mol. The van der Waals surface area contributed by atoms with Crippen molar-refractivity contribution in [3.05, 3.63) is 0 Å². The number of nitrogens with two attached hydrogens (primary N) is 2. The molecule has 0 saturated heterocycles. The van der Waals surface area contributed by atoms with E-state index in [4.69, 9.17) is 11.5 Å². The van der Waals surface area contributed by atoms with Gasteiger partial charge in [-0.25, -0.2) is 0 Å². The van der Waals surface area contributed by atoms with Crippen LogP contribution >= 0.6 is 0 Å². The maximum absolute atomic E-state index is 11.7. The normalized spacial score (nSPS) is 16.9. The molecule has 0 radical (unpaired) electrons. The molecule has 88 valence electrons. The van der Waals surface area contributed by atoms with Gasteiger partial charge in [-0.1, -0.05) is 20.8 Å². The van der Waals surface area contributed by atoms with Crippen molar-refractivity contribution in [2.75, 3.05) is 0 Å². The van der Waals surface area contributed by atoms with Crippen LogP contribution in [0.25, 0.3) is 0 Å². The number of rotatable bonds is 5. The van der Waals surface area contributed by atoms with Gasteiger partial charge in [-0.2, -0.15) is 0 Å². The lowest BCUT2D eigenvalue weighted by atomic mass is 9.97. The average molecular weight is 215 g/mol. The summed E-state index contributed by atoms with van der Waals surface area (Å²) in [7, 11) is 0. The van der Waals surface area contributed by atoms with Gasteiger partial charge in [-0.15, -0.1) is 0 Å². The van der Waals surface area contributed by atoms with Crippen LogP contribution in [-0.4, -0.2) is 23.4 Å². The predicted molar refractivity (Wildman–Crippen MR) is 58.8 cm³/mol. The largest absolute Gasteiger partial charge is 0.368 e. The van der Waals surface area contributed by atoms with Gasteiger partial charge in [0.1, 0.15) is 6.04 Å². The third-order valence-corrected chi connectivity index (χ3v) is 2.51. The molecule has 0 heterocycles. The first kappa shape index (κ1) is 13.9. The fourth-order valence-corrected chi connectivity index (χ4v) is 1.03. The molecular weight excluding hydrogens is 194 g/mol. The quantitative estimate of drug-likeness (QED) is 0.589. The second kappa shape index (κ2) is 5.11. The van der Waals surface area contributed by atoms with E-state index in [9.17, 15) is 9.59 Å². The molecule has 2 amide bonds. The predicted octanol–water partition coefficient (Wildman–Crippen LogP) is -0.260. The summed E-state index contributed by atoms with van der Waals surface area (Å²) >= 11 is 0. The van der Waals surface area contributed by atoms with Crippen LogP contribution in [0.1, 0.15) is 34.1 Å². The fourth-order valence-electron chi connectivity index (χ4n) is 1.03. The van der Waals surface area contributed by atoms with Crippen molar-refractivity contribution in [2.45, 2.75) is 45.7 Å². The summed E-state index contributed by atoms with van der Waals surface area (Å²) in [6.07, 6.45) is 0.502. The Labute approximate surface area is 90.6 Å². The van der Waals surface area contributed by atoms with Gasteiger partial charge in [-0.05, 0) is 19.3 Å². The molecule has 2 atom stereocenters. The summed E-state index contributed by atoms with van der Waals surface area (Å²) in [6.45, 7) is 7.07. The lowest BCUT2D eigenvalue weighted by Gasteiger charge is -2.26. The second-order valence-electron chi connectivity index (χ2n) is 4.37. The first-order valence-electron chi connectivity index (χ1n) is 5.11. The molecule has 0 saturated carbocycles. The van der Waals surface area contributed by atoms with Crippen LogP contribution in [0.5, 0.6) is 0 Å². The molecule has 5 heteroatoms. The standard InChI is InChI=1S/C10H21N3O2/c1-5-10(4,12)9(15)13-7(6(2)3)8(11)14/h6-7H,5,12H2,1-4H3,(H2,11,14)(H,13,15). The van der Waals surface area contributed by atoms with Crippen molar-refractivity contribution in [3.8, 4) is 0 Å². The van der Waals surface area contributed by atoms with Crippen molar-refractivity contribution in [1.82, 2.24) is 5.32 Å². The van der Waals surface area contributed by atoms with E-state index in [1.165, 1.54) is 0 Å². The van der Waals surface area contributed by atoms with Crippen LogP contribution in [0.15, 0.2) is 0 Å². The molecule has 15 heavy (non-hydrogen) atoms. The highest BCUT2D eigenvalue weighted by Crippen LogP contribution is 2.07. The Morgan fingerprint density at radius 1 is 1.40 bits per heavy atom. The van der Waals surface area contributed by atoms with Gasteiger partial charge >= 0.3 is 0 Å². The van der Waals surface area contributed by atoms with Crippen molar-refractivity contribution in [2.24, 2.45) is 17.4 Å². The smallest absolute Gasteiger partial charge is 0.240 e. The van der Waals surface area contributed by atoms with Gasteiger partial charge in [0.05, 0.1) is 5.54 Å². The molecule has 5 nitrogen and oxygen atoms in total. The summed E-state index contributed by atoms with van der Waals surface area (Å²) in [5, 5.41) is 2.57. The fraction of sp³-hybridized carbons (Fsp3) is 0.800. The number of carbonyl (C=O) groups excluding carboxylic acids is 2. The van der Waals surface area contributed by atoms with E-state index in [1.54, 1.807) is 6.92 Å². The highest BCUT2D eigenvalue weighted by Gasteiger charge is 2.30. The van der Waals surface area contributed by atoms with E-state index in [2.05, 4.69) is 5.32 Å². The lowest BCUT2D eigenvalue weighted by molar-refractivity contribution is -0.131. The third-order valence-electron chi connectivity index (χ3n) is 2.51. The summed E-state index contributed by atoms with van der Waals surface area (Å²) in [4.78, 5) is 22.7. The van der Waals surface area contributed by atoms with Crippen LogP contribution in [0.3, 0.4) is 0 Å². The molecule has 0 spiro atoms. The lowest BCUT2D eigenvalue weighted by Crippen LogP contribution is -2.57. The highest BCUT2D eigenvalue weighted by molar-refractivity contribution is 5.91. The Morgan fingerprint density at radius 2 is 1.87 bits per heavy atom. The topological polar surface area (TPSA) is 98.2 Å². The highest BCUT2D eigenvalue weighted by atomic mass is 16.2. The molecule has 5 N–H and O–H groups in total. The minimum absolute atomic E-state index is 0.0425. The van der Waals surface area contributed by atoms with Crippen LogP contribution in [0.4, 0.5) is 0 Å². The Balaban J connectivity index is 4.57. The maximum Gasteiger partial charge on any atom is 0.240 e. The summed E-state index contributed by atoms with van der Waals surface area (Å²) in [5.41, 5.74) is 9.96. The van der Waals surface area contributed by atoms with Gasteiger partial charge in [0.2, 0.25) is 11.8 Å². The minimum atomic E-state index is -0.956. The number of hydrogen-bond acceptors (Lipinski definition) is 3. The zero-order chi connectivity index (χ0) is 12.2. The molecule has 0 bridgehead atoms. The molecule has 2 unspecified atom stereocenters. The van der Waals surface area contributed by atoms with Gasteiger partial charge in [0.15, 0.2) is 0 Å². The van der Waals surface area contributed by atoms with Crippen molar-refractivity contribution in [3.63, 3.8) is 0 Å². The molecule has 0 aliphatic rings. The molecule has 0 aliphatic carbocycles. The minimum Gasteiger partial charge on any atom is -0.368 e. The summed E-state index contributed by atoms with van der Waals surface area (Å²) in [5.74, 6) is -0.924. The van der Waals surface area contributed by atoms with E-state index in [0.29, 0.717) is 6.42 Å². The van der Waals surface area contributed by atoms with Gasteiger partial charge < -0.3 is 16.8 Å². The number of hydrogen-bond donors (Lipinski definition) is 3. The van der Waals surface area contributed by atoms with Crippen molar-refractivity contribution in [1.29, 1.82) is 0 Å². The van der Waals surface area contributed by atoms with Crippen molar-refractivity contribution >= 4 is 11.8 Å². The Hall–Kier alpha value is -1.10. The van der Waals surface area contributed by atoms with E-state index in [0.717, 1.165) is 0 Å². The van der Waals surface area contributed by atoms with Gasteiger partial charge in [0, 0.05) is 0 Å². The maximum atomic E-state index is 11.7. The van der Waals surface area contributed by atoms with Crippen LogP contribution in [0.2, 0.25) is 0 Å². The Bertz CT molecular complexity index is 249. The molecule has 0 aromatic heterocycles. The Morgan fingerprint density at radius 3 is 2.13 bits per heavy atom. The number of carbonyl (C=O) groups is 2. The molecular formula is C10H21N3O2. The average Bonchev–Trinajstić information content (AvgIpc) is 2.12. The molecule has 0 aromatic rings. The third kappa shape index (κ3) is 3.87. The van der Waals surface area contributed by atoms with Gasteiger partial charge in [-0.3, -0.25) is 9.59 Å². The zero-order valence-electron chi connectivity index (χ0n) is 9.83. The van der Waals surface area contributed by atoms with E-state index >= 15 is 0 Å². The molecule has 0 aliphatic heterocycles. The summed E-state index contributed by atoms with van der Waals surface area (Å²) < 4.78 is 0. The van der Waals surface area contributed by atoms with E-state index < -0.39 is 17.5 Å².